The van der Waals surface area contributed by atoms with E-state index in [1.807, 2.05) is 5.32 Å². The maximum atomic E-state index is 12.5. The number of carboxylic acids is 3. The standard InChI is InChI=1S/C16H26N4O9/c1-6(2)12(15(27)18-7(3)16(28)29)20-14(26)9(5-11(23)24)19-13(25)8(17)4-10(21)22/h6-9,12H,4-5,17H2,1-3H3,(H,18,27)(H,19,25)(H,20,26)(H,21,22)(H,23,24)(H,28,29). The number of nitrogens with two attached hydrogens (primary N) is 1. The first kappa shape index (κ1) is 25.8. The molecule has 3 amide bonds. The van der Waals surface area contributed by atoms with Gasteiger partial charge < -0.3 is 37.0 Å². The molecule has 0 radical (unpaired) electrons. The molecule has 0 aromatic carbocycles. The number of aliphatic carboxylic acids is 3. The van der Waals surface area contributed by atoms with Crippen LogP contribution < -0.4 is 21.7 Å². The van der Waals surface area contributed by atoms with E-state index in [-0.39, 0.29) is 0 Å². The van der Waals surface area contributed by atoms with Gasteiger partial charge in [0.25, 0.3) is 0 Å². The lowest BCUT2D eigenvalue weighted by molar-refractivity contribution is -0.143. The number of carbonyl (C=O) groups excluding carboxylic acids is 3. The molecule has 0 aromatic heterocycles. The Morgan fingerprint density at radius 1 is 0.759 bits per heavy atom. The van der Waals surface area contributed by atoms with Gasteiger partial charge in [-0.15, -0.1) is 0 Å². The average Bonchev–Trinajstić information content (AvgIpc) is 2.56. The van der Waals surface area contributed by atoms with Crippen LogP contribution in [0, 0.1) is 5.92 Å². The molecule has 0 bridgehead atoms. The van der Waals surface area contributed by atoms with Crippen molar-refractivity contribution in [1.82, 2.24) is 16.0 Å². The lowest BCUT2D eigenvalue weighted by Gasteiger charge is -2.26. The Kier molecular flexibility index (Phi) is 10.3. The summed E-state index contributed by atoms with van der Waals surface area (Å²) in [5.74, 6) is -7.51. The Balaban J connectivity index is 5.32. The number of nitrogens with one attached hydrogen (secondary N) is 3. The van der Waals surface area contributed by atoms with Crippen molar-refractivity contribution in [2.24, 2.45) is 11.7 Å². The molecule has 0 fully saturated rings. The highest BCUT2D eigenvalue weighted by molar-refractivity contribution is 5.96. The fourth-order valence-electron chi connectivity index (χ4n) is 2.10. The lowest BCUT2D eigenvalue weighted by Crippen LogP contribution is -2.58. The highest BCUT2D eigenvalue weighted by Gasteiger charge is 2.32. The Bertz CT molecular complexity index is 665. The maximum Gasteiger partial charge on any atom is 0.325 e. The van der Waals surface area contributed by atoms with Crippen LogP contribution in [0.4, 0.5) is 0 Å². The van der Waals surface area contributed by atoms with Gasteiger partial charge in [-0.2, -0.15) is 0 Å². The summed E-state index contributed by atoms with van der Waals surface area (Å²) in [6, 6.07) is -5.60. The predicted molar refractivity (Wildman–Crippen MR) is 96.4 cm³/mol. The monoisotopic (exact) mass is 418 g/mol. The summed E-state index contributed by atoms with van der Waals surface area (Å²) in [5.41, 5.74) is 5.39. The van der Waals surface area contributed by atoms with Gasteiger partial charge in [-0.25, -0.2) is 0 Å². The molecule has 0 aliphatic carbocycles. The summed E-state index contributed by atoms with van der Waals surface area (Å²) >= 11 is 0. The van der Waals surface area contributed by atoms with Crippen molar-refractivity contribution in [3.05, 3.63) is 0 Å². The van der Waals surface area contributed by atoms with E-state index in [4.69, 9.17) is 21.1 Å². The molecule has 0 rings (SSSR count). The molecule has 0 aliphatic rings. The molecule has 164 valence electrons. The summed E-state index contributed by atoms with van der Waals surface area (Å²) < 4.78 is 0. The summed E-state index contributed by atoms with van der Waals surface area (Å²) in [6.45, 7) is 4.34. The average molecular weight is 418 g/mol. The Labute approximate surface area is 166 Å². The quantitative estimate of drug-likeness (QED) is 0.176. The van der Waals surface area contributed by atoms with Gasteiger partial charge in [0.05, 0.1) is 18.9 Å². The van der Waals surface area contributed by atoms with E-state index >= 15 is 0 Å². The van der Waals surface area contributed by atoms with Crippen LogP contribution >= 0.6 is 0 Å². The number of hydrogen-bond donors (Lipinski definition) is 7. The van der Waals surface area contributed by atoms with Crippen LogP contribution in [0.3, 0.4) is 0 Å². The van der Waals surface area contributed by atoms with Crippen LogP contribution in [0.25, 0.3) is 0 Å². The molecule has 0 saturated carbocycles. The van der Waals surface area contributed by atoms with Crippen molar-refractivity contribution >= 4 is 35.6 Å². The van der Waals surface area contributed by atoms with Crippen LogP contribution in [-0.4, -0.2) is 75.1 Å². The number of amides is 3. The first-order chi connectivity index (χ1) is 13.3. The molecule has 0 heterocycles. The van der Waals surface area contributed by atoms with Crippen LogP contribution in [0.2, 0.25) is 0 Å². The van der Waals surface area contributed by atoms with Crippen molar-refractivity contribution < 1.29 is 44.1 Å². The second kappa shape index (κ2) is 11.6. The van der Waals surface area contributed by atoms with Crippen LogP contribution in [0.15, 0.2) is 0 Å². The number of carboxylic acid groups (broad SMARTS) is 3. The molecule has 29 heavy (non-hydrogen) atoms. The zero-order chi connectivity index (χ0) is 22.9. The topological polar surface area (TPSA) is 225 Å². The van der Waals surface area contributed by atoms with Crippen LogP contribution in [0.5, 0.6) is 0 Å². The number of carbonyl (C=O) groups is 6. The smallest absolute Gasteiger partial charge is 0.325 e. The zero-order valence-electron chi connectivity index (χ0n) is 16.2. The summed E-state index contributed by atoms with van der Waals surface area (Å²) in [4.78, 5) is 69.2. The van der Waals surface area contributed by atoms with E-state index in [1.54, 1.807) is 13.8 Å². The Morgan fingerprint density at radius 3 is 1.69 bits per heavy atom. The maximum absolute atomic E-state index is 12.5. The van der Waals surface area contributed by atoms with Gasteiger partial charge in [-0.05, 0) is 12.8 Å². The van der Waals surface area contributed by atoms with Crippen molar-refractivity contribution in [2.45, 2.75) is 57.8 Å². The minimum atomic E-state index is -1.63. The van der Waals surface area contributed by atoms with Gasteiger partial charge in [-0.3, -0.25) is 28.8 Å². The van der Waals surface area contributed by atoms with Gasteiger partial charge in [0, 0.05) is 0 Å². The molecule has 0 aromatic rings. The van der Waals surface area contributed by atoms with Gasteiger partial charge in [0.1, 0.15) is 18.1 Å². The predicted octanol–water partition coefficient (Wildman–Crippen LogP) is -2.52. The van der Waals surface area contributed by atoms with Gasteiger partial charge >= 0.3 is 17.9 Å². The molecule has 4 atom stereocenters. The first-order valence-corrected chi connectivity index (χ1v) is 8.59. The van der Waals surface area contributed by atoms with E-state index in [0.29, 0.717) is 0 Å². The van der Waals surface area contributed by atoms with Gasteiger partial charge in [0.2, 0.25) is 17.7 Å². The fraction of sp³-hybridized carbons (Fsp3) is 0.625. The number of rotatable bonds is 12. The minimum Gasteiger partial charge on any atom is -0.481 e. The molecule has 0 aliphatic heterocycles. The normalized spacial score (nSPS) is 14.8. The van der Waals surface area contributed by atoms with E-state index in [1.165, 1.54) is 6.92 Å². The summed E-state index contributed by atoms with van der Waals surface area (Å²) in [5, 5.41) is 33.0. The highest BCUT2D eigenvalue weighted by Crippen LogP contribution is 2.05. The molecular weight excluding hydrogens is 392 g/mol. The summed E-state index contributed by atoms with van der Waals surface area (Å²) in [6.07, 6.45) is -1.59. The third-order valence-corrected chi connectivity index (χ3v) is 3.72. The molecule has 13 nitrogen and oxygen atoms in total. The third kappa shape index (κ3) is 9.51. The van der Waals surface area contributed by atoms with Crippen LogP contribution in [0.1, 0.15) is 33.6 Å². The molecule has 13 heteroatoms. The van der Waals surface area contributed by atoms with Crippen molar-refractivity contribution in [2.75, 3.05) is 0 Å². The van der Waals surface area contributed by atoms with E-state index in [9.17, 15) is 28.8 Å². The lowest BCUT2D eigenvalue weighted by atomic mass is 10.0. The molecule has 0 spiro atoms. The van der Waals surface area contributed by atoms with Crippen molar-refractivity contribution in [3.8, 4) is 0 Å². The Hall–Kier alpha value is -3.22. The first-order valence-electron chi connectivity index (χ1n) is 8.59. The molecular formula is C16H26N4O9. The summed E-state index contributed by atoms with van der Waals surface area (Å²) in [7, 11) is 0. The fourth-order valence-corrected chi connectivity index (χ4v) is 2.10. The molecule has 8 N–H and O–H groups in total. The van der Waals surface area contributed by atoms with Crippen molar-refractivity contribution in [3.63, 3.8) is 0 Å². The zero-order valence-corrected chi connectivity index (χ0v) is 16.2. The molecule has 4 unspecified atom stereocenters. The van der Waals surface area contributed by atoms with Crippen LogP contribution in [-0.2, 0) is 28.8 Å². The SMILES string of the molecule is CC(NC(=O)C(NC(=O)C(CC(=O)O)NC(=O)C(N)CC(=O)O)C(C)C)C(=O)O. The van der Waals surface area contributed by atoms with Gasteiger partial charge in [-0.1, -0.05) is 13.8 Å². The Morgan fingerprint density at radius 2 is 1.28 bits per heavy atom. The van der Waals surface area contributed by atoms with E-state index in [0.717, 1.165) is 0 Å². The van der Waals surface area contributed by atoms with E-state index < -0.39 is 78.6 Å². The largest absolute Gasteiger partial charge is 0.481 e. The number of hydrogen-bond acceptors (Lipinski definition) is 7. The van der Waals surface area contributed by atoms with Gasteiger partial charge in [0.15, 0.2) is 0 Å². The second-order valence-corrected chi connectivity index (χ2v) is 6.66. The minimum absolute atomic E-state index is 0.504. The van der Waals surface area contributed by atoms with E-state index in [2.05, 4.69) is 10.6 Å². The second-order valence-electron chi connectivity index (χ2n) is 6.66. The molecule has 0 saturated heterocycles. The highest BCUT2D eigenvalue weighted by atomic mass is 16.4. The third-order valence-electron chi connectivity index (χ3n) is 3.72. The van der Waals surface area contributed by atoms with Crippen molar-refractivity contribution in [1.29, 1.82) is 0 Å².